The Morgan fingerprint density at radius 3 is 2.73 bits per heavy atom. The number of hydrogen-bond acceptors (Lipinski definition) is 4. The number of carbonyl (C=O) groups excluding carboxylic acids is 2. The molecule has 0 atom stereocenters. The molecule has 1 aromatic heterocycles. The predicted octanol–water partition coefficient (Wildman–Crippen LogP) is 2.42. The van der Waals surface area contributed by atoms with Crippen molar-refractivity contribution in [3.8, 4) is 0 Å². The van der Waals surface area contributed by atoms with Crippen LogP contribution in [0.15, 0.2) is 24.3 Å². The summed E-state index contributed by atoms with van der Waals surface area (Å²) in [4.78, 5) is 29.4. The number of rotatable bonds is 3. The first-order valence-electron chi connectivity index (χ1n) is 7.31. The summed E-state index contributed by atoms with van der Waals surface area (Å²) in [5, 5.41) is 3.48. The number of anilines is 1. The summed E-state index contributed by atoms with van der Waals surface area (Å²) in [6.07, 6.45) is 2.04. The van der Waals surface area contributed by atoms with Crippen molar-refractivity contribution < 1.29 is 9.59 Å². The van der Waals surface area contributed by atoms with Crippen LogP contribution in [0.5, 0.6) is 0 Å². The van der Waals surface area contributed by atoms with Crippen molar-refractivity contribution in [2.45, 2.75) is 19.3 Å². The average Bonchev–Trinajstić information content (AvgIpc) is 2.89. The maximum absolute atomic E-state index is 12.3. The molecule has 7 heteroatoms. The molecule has 3 amide bonds. The van der Waals surface area contributed by atoms with Gasteiger partial charge in [0.1, 0.15) is 0 Å². The van der Waals surface area contributed by atoms with E-state index in [1.807, 2.05) is 24.3 Å². The number of piperidine rings is 1. The smallest absolute Gasteiger partial charge is 0.323 e. The van der Waals surface area contributed by atoms with Crippen LogP contribution >= 0.6 is 11.3 Å². The van der Waals surface area contributed by atoms with Gasteiger partial charge in [0.25, 0.3) is 0 Å². The lowest BCUT2D eigenvalue weighted by atomic mass is 9.93. The molecular formula is C15H18N4O2S. The lowest BCUT2D eigenvalue weighted by Gasteiger charge is -2.31. The van der Waals surface area contributed by atoms with E-state index in [-0.39, 0.29) is 11.9 Å². The Bertz CT molecular complexity index is 659. The normalized spacial score (nSPS) is 15.9. The fourth-order valence-electron chi connectivity index (χ4n) is 2.72. The second kappa shape index (κ2) is 6.31. The summed E-state index contributed by atoms with van der Waals surface area (Å²) in [6.45, 7) is 1.29. The highest BCUT2D eigenvalue weighted by atomic mass is 32.1. The molecule has 0 aliphatic carbocycles. The molecule has 0 unspecified atom stereocenters. The molecule has 0 radical (unpaired) electrons. The van der Waals surface area contributed by atoms with Crippen molar-refractivity contribution in [3.63, 3.8) is 0 Å². The first kappa shape index (κ1) is 14.8. The van der Waals surface area contributed by atoms with Crippen molar-refractivity contribution in [1.82, 2.24) is 9.88 Å². The minimum Gasteiger partial charge on any atom is -0.370 e. The molecule has 2 heterocycles. The average molecular weight is 318 g/mol. The van der Waals surface area contributed by atoms with E-state index >= 15 is 0 Å². The number of fused-ring (bicyclic) bond motifs is 1. The zero-order chi connectivity index (χ0) is 15.5. The number of benzene rings is 1. The number of hydrogen-bond donors (Lipinski definition) is 2. The van der Waals surface area contributed by atoms with E-state index in [9.17, 15) is 9.59 Å². The highest BCUT2D eigenvalue weighted by molar-refractivity contribution is 7.22. The fourth-order valence-corrected chi connectivity index (χ4v) is 3.58. The standard InChI is InChI=1S/C15H18N4O2S/c16-13(20)9-10-5-7-19(8-6-10)15(21)18-14-17-11-3-1-2-4-12(11)22-14/h1-4,10H,5-9H2,(H2,16,20)(H,17,18,21). The number of nitrogens with zero attached hydrogens (tertiary/aromatic N) is 2. The molecule has 1 aliphatic heterocycles. The van der Waals surface area contributed by atoms with E-state index < -0.39 is 0 Å². The van der Waals surface area contributed by atoms with Gasteiger partial charge in [-0.15, -0.1) is 0 Å². The Hall–Kier alpha value is -2.15. The zero-order valence-electron chi connectivity index (χ0n) is 12.1. The third-order valence-electron chi connectivity index (χ3n) is 3.90. The number of nitrogens with one attached hydrogen (secondary N) is 1. The van der Waals surface area contributed by atoms with Gasteiger partial charge in [0.05, 0.1) is 10.2 Å². The highest BCUT2D eigenvalue weighted by Crippen LogP contribution is 2.26. The highest BCUT2D eigenvalue weighted by Gasteiger charge is 2.24. The lowest BCUT2D eigenvalue weighted by Crippen LogP contribution is -2.41. The van der Waals surface area contributed by atoms with Crippen LogP contribution < -0.4 is 11.1 Å². The quantitative estimate of drug-likeness (QED) is 0.911. The van der Waals surface area contributed by atoms with Gasteiger partial charge in [0.15, 0.2) is 5.13 Å². The maximum Gasteiger partial charge on any atom is 0.323 e. The number of para-hydroxylation sites is 1. The van der Waals surface area contributed by atoms with Crippen LogP contribution in [0.4, 0.5) is 9.93 Å². The van der Waals surface area contributed by atoms with Crippen LogP contribution in [0.25, 0.3) is 10.2 Å². The Balaban J connectivity index is 1.57. The summed E-state index contributed by atoms with van der Waals surface area (Å²) >= 11 is 1.47. The van der Waals surface area contributed by atoms with E-state index in [1.165, 1.54) is 11.3 Å². The Morgan fingerprint density at radius 1 is 1.32 bits per heavy atom. The zero-order valence-corrected chi connectivity index (χ0v) is 12.9. The van der Waals surface area contributed by atoms with E-state index in [0.29, 0.717) is 30.6 Å². The molecule has 0 spiro atoms. The van der Waals surface area contributed by atoms with Crippen molar-refractivity contribution in [3.05, 3.63) is 24.3 Å². The summed E-state index contributed by atoms with van der Waals surface area (Å²) in [7, 11) is 0. The first-order chi connectivity index (χ1) is 10.6. The van der Waals surface area contributed by atoms with Crippen molar-refractivity contribution in [1.29, 1.82) is 0 Å². The molecule has 0 bridgehead atoms. The van der Waals surface area contributed by atoms with Gasteiger partial charge in [-0.2, -0.15) is 0 Å². The molecule has 3 N–H and O–H groups in total. The van der Waals surface area contributed by atoms with Crippen molar-refractivity contribution in [2.75, 3.05) is 18.4 Å². The monoisotopic (exact) mass is 318 g/mol. The second-order valence-electron chi connectivity index (χ2n) is 5.52. The molecule has 1 fully saturated rings. The summed E-state index contributed by atoms with van der Waals surface area (Å²) in [5.74, 6) is 0.0291. The number of thiazole rings is 1. The lowest BCUT2D eigenvalue weighted by molar-refractivity contribution is -0.119. The van der Waals surface area contributed by atoms with Crippen LogP contribution in [0.1, 0.15) is 19.3 Å². The van der Waals surface area contributed by atoms with Crippen molar-refractivity contribution >= 4 is 38.6 Å². The minimum absolute atomic E-state index is 0.128. The van der Waals surface area contributed by atoms with Gasteiger partial charge in [0.2, 0.25) is 5.91 Å². The number of likely N-dealkylation sites (tertiary alicyclic amines) is 1. The van der Waals surface area contributed by atoms with Crippen LogP contribution in [0, 0.1) is 5.92 Å². The molecule has 22 heavy (non-hydrogen) atoms. The SMILES string of the molecule is NC(=O)CC1CCN(C(=O)Nc2nc3ccccc3s2)CC1. The van der Waals surface area contributed by atoms with Gasteiger partial charge in [-0.1, -0.05) is 23.5 Å². The van der Waals surface area contributed by atoms with E-state index in [0.717, 1.165) is 23.1 Å². The molecule has 1 saturated heterocycles. The number of amides is 3. The van der Waals surface area contributed by atoms with Crippen molar-refractivity contribution in [2.24, 2.45) is 11.7 Å². The molecule has 3 rings (SSSR count). The summed E-state index contributed by atoms with van der Waals surface area (Å²) in [6, 6.07) is 7.67. The van der Waals surface area contributed by atoms with Gasteiger partial charge in [-0.05, 0) is 30.9 Å². The fraction of sp³-hybridized carbons (Fsp3) is 0.400. The molecular weight excluding hydrogens is 300 g/mol. The number of urea groups is 1. The van der Waals surface area contributed by atoms with Crippen LogP contribution in [-0.4, -0.2) is 34.9 Å². The Morgan fingerprint density at radius 2 is 2.05 bits per heavy atom. The number of carbonyl (C=O) groups is 2. The third kappa shape index (κ3) is 3.36. The van der Waals surface area contributed by atoms with E-state index in [1.54, 1.807) is 4.90 Å². The predicted molar refractivity (Wildman–Crippen MR) is 86.7 cm³/mol. The molecule has 6 nitrogen and oxygen atoms in total. The van der Waals surface area contributed by atoms with Crippen LogP contribution in [-0.2, 0) is 4.79 Å². The van der Waals surface area contributed by atoms with Gasteiger partial charge in [0, 0.05) is 19.5 Å². The maximum atomic E-state index is 12.3. The molecule has 0 saturated carbocycles. The molecule has 2 aromatic rings. The summed E-state index contributed by atoms with van der Waals surface area (Å²) in [5.41, 5.74) is 6.11. The van der Waals surface area contributed by atoms with Crippen LogP contribution in [0.3, 0.4) is 0 Å². The van der Waals surface area contributed by atoms with Gasteiger partial charge in [-0.25, -0.2) is 9.78 Å². The number of aromatic nitrogens is 1. The van der Waals surface area contributed by atoms with E-state index in [4.69, 9.17) is 5.73 Å². The first-order valence-corrected chi connectivity index (χ1v) is 8.13. The molecule has 1 aliphatic rings. The Kier molecular flexibility index (Phi) is 4.24. The van der Waals surface area contributed by atoms with Crippen LogP contribution in [0.2, 0.25) is 0 Å². The summed E-state index contributed by atoms with van der Waals surface area (Å²) < 4.78 is 1.05. The van der Waals surface area contributed by atoms with Gasteiger partial charge in [-0.3, -0.25) is 10.1 Å². The second-order valence-corrected chi connectivity index (χ2v) is 6.55. The largest absolute Gasteiger partial charge is 0.370 e. The Labute approximate surface area is 132 Å². The third-order valence-corrected chi connectivity index (χ3v) is 4.85. The number of nitrogens with two attached hydrogens (primary N) is 1. The minimum atomic E-state index is -0.266. The topological polar surface area (TPSA) is 88.3 Å². The molecule has 116 valence electrons. The number of primary amides is 1. The van der Waals surface area contributed by atoms with E-state index in [2.05, 4.69) is 10.3 Å². The van der Waals surface area contributed by atoms with Gasteiger partial charge < -0.3 is 10.6 Å². The molecule has 1 aromatic carbocycles. The van der Waals surface area contributed by atoms with Gasteiger partial charge >= 0.3 is 6.03 Å².